The van der Waals surface area contributed by atoms with Crippen LogP contribution in [0.5, 0.6) is 0 Å². The van der Waals surface area contributed by atoms with Gasteiger partial charge in [-0.3, -0.25) is 4.90 Å². The van der Waals surface area contributed by atoms with E-state index in [4.69, 9.17) is 16.3 Å². The summed E-state index contributed by atoms with van der Waals surface area (Å²) in [6.07, 6.45) is 0. The number of fused-ring (bicyclic) bond motifs is 1. The Bertz CT molecular complexity index is 519. The highest BCUT2D eigenvalue weighted by atomic mass is 35.5. The van der Waals surface area contributed by atoms with Gasteiger partial charge in [-0.15, -0.1) is 11.3 Å². The van der Waals surface area contributed by atoms with Crippen LogP contribution in [0, 0.1) is 0 Å². The molecule has 0 bridgehead atoms. The highest BCUT2D eigenvalue weighted by Crippen LogP contribution is 2.32. The molecular formula is C13H14ClNOS. The van der Waals surface area contributed by atoms with Crippen LogP contribution in [-0.2, 0) is 11.3 Å². The third-order valence-corrected chi connectivity index (χ3v) is 4.43. The summed E-state index contributed by atoms with van der Waals surface area (Å²) < 4.78 is 6.64. The standard InChI is InChI=1S/C13H14ClNOS/c14-11-2-1-3-12-13(11)10(9-17-12)8-15-4-6-16-7-5-15/h1-3,9H,4-8H2. The fourth-order valence-corrected chi connectivity index (χ4v) is 3.55. The summed E-state index contributed by atoms with van der Waals surface area (Å²) in [6, 6.07) is 6.12. The maximum Gasteiger partial charge on any atom is 0.0594 e. The van der Waals surface area contributed by atoms with Crippen LogP contribution in [0.25, 0.3) is 10.1 Å². The van der Waals surface area contributed by atoms with Crippen molar-refractivity contribution in [2.24, 2.45) is 0 Å². The molecule has 1 aliphatic heterocycles. The Kier molecular flexibility index (Phi) is 3.34. The zero-order chi connectivity index (χ0) is 11.7. The van der Waals surface area contributed by atoms with Gasteiger partial charge in [0, 0.05) is 34.7 Å². The van der Waals surface area contributed by atoms with Crippen molar-refractivity contribution in [1.29, 1.82) is 0 Å². The first-order valence-corrected chi connectivity index (χ1v) is 7.05. The molecule has 2 nitrogen and oxygen atoms in total. The maximum atomic E-state index is 6.28. The van der Waals surface area contributed by atoms with Gasteiger partial charge in [0.15, 0.2) is 0 Å². The van der Waals surface area contributed by atoms with Crippen molar-refractivity contribution in [3.63, 3.8) is 0 Å². The smallest absolute Gasteiger partial charge is 0.0594 e. The Labute approximate surface area is 110 Å². The van der Waals surface area contributed by atoms with Crippen molar-refractivity contribution in [2.45, 2.75) is 6.54 Å². The molecule has 1 aromatic heterocycles. The fourth-order valence-electron chi connectivity index (χ4n) is 2.22. The second-order valence-corrected chi connectivity index (χ2v) is 5.58. The van der Waals surface area contributed by atoms with E-state index in [1.807, 2.05) is 12.1 Å². The lowest BCUT2D eigenvalue weighted by atomic mass is 10.1. The molecule has 0 atom stereocenters. The molecule has 17 heavy (non-hydrogen) atoms. The number of halogens is 1. The van der Waals surface area contributed by atoms with Gasteiger partial charge in [0.1, 0.15) is 0 Å². The number of hydrogen-bond acceptors (Lipinski definition) is 3. The van der Waals surface area contributed by atoms with Gasteiger partial charge >= 0.3 is 0 Å². The lowest BCUT2D eigenvalue weighted by Crippen LogP contribution is -2.35. The van der Waals surface area contributed by atoms with Crippen LogP contribution in [0.4, 0.5) is 0 Å². The van der Waals surface area contributed by atoms with Crippen molar-refractivity contribution in [3.05, 3.63) is 34.2 Å². The largest absolute Gasteiger partial charge is 0.379 e. The molecule has 2 heterocycles. The van der Waals surface area contributed by atoms with Crippen LogP contribution in [0.2, 0.25) is 5.02 Å². The Morgan fingerprint density at radius 3 is 2.94 bits per heavy atom. The number of rotatable bonds is 2. The van der Waals surface area contributed by atoms with Gasteiger partial charge in [0.05, 0.1) is 13.2 Å². The molecule has 2 aromatic rings. The molecule has 0 N–H and O–H groups in total. The van der Waals surface area contributed by atoms with E-state index in [2.05, 4.69) is 16.3 Å². The Balaban J connectivity index is 1.89. The molecule has 0 amide bonds. The molecule has 0 unspecified atom stereocenters. The van der Waals surface area contributed by atoms with Crippen molar-refractivity contribution < 1.29 is 4.74 Å². The van der Waals surface area contributed by atoms with E-state index in [0.29, 0.717) is 0 Å². The van der Waals surface area contributed by atoms with Crippen LogP contribution in [0.1, 0.15) is 5.56 Å². The molecule has 1 saturated heterocycles. The topological polar surface area (TPSA) is 12.5 Å². The van der Waals surface area contributed by atoms with Gasteiger partial charge in [0.2, 0.25) is 0 Å². The number of ether oxygens (including phenoxy) is 1. The van der Waals surface area contributed by atoms with Crippen LogP contribution < -0.4 is 0 Å². The number of benzene rings is 1. The zero-order valence-electron chi connectivity index (χ0n) is 9.49. The zero-order valence-corrected chi connectivity index (χ0v) is 11.1. The van der Waals surface area contributed by atoms with Gasteiger partial charge in [-0.05, 0) is 23.1 Å². The van der Waals surface area contributed by atoms with Crippen LogP contribution >= 0.6 is 22.9 Å². The molecule has 1 fully saturated rings. The minimum atomic E-state index is 0.843. The summed E-state index contributed by atoms with van der Waals surface area (Å²) in [7, 11) is 0. The van der Waals surface area contributed by atoms with Crippen molar-refractivity contribution in [1.82, 2.24) is 4.90 Å². The number of thiophene rings is 1. The first-order chi connectivity index (χ1) is 8.34. The van der Waals surface area contributed by atoms with Crippen LogP contribution in [0.3, 0.4) is 0 Å². The monoisotopic (exact) mass is 267 g/mol. The molecule has 0 aliphatic carbocycles. The second-order valence-electron chi connectivity index (χ2n) is 4.26. The second kappa shape index (κ2) is 4.94. The predicted molar refractivity (Wildman–Crippen MR) is 72.9 cm³/mol. The highest BCUT2D eigenvalue weighted by Gasteiger charge is 2.14. The van der Waals surface area contributed by atoms with Crippen LogP contribution in [0.15, 0.2) is 23.6 Å². The van der Waals surface area contributed by atoms with Gasteiger partial charge in [-0.2, -0.15) is 0 Å². The Morgan fingerprint density at radius 2 is 2.12 bits per heavy atom. The maximum absolute atomic E-state index is 6.28. The first kappa shape index (κ1) is 11.5. The summed E-state index contributed by atoms with van der Waals surface area (Å²) in [5, 5.41) is 4.32. The molecule has 0 saturated carbocycles. The molecule has 4 heteroatoms. The molecule has 0 radical (unpaired) electrons. The van der Waals surface area contributed by atoms with Crippen molar-refractivity contribution >= 4 is 33.0 Å². The quantitative estimate of drug-likeness (QED) is 0.827. The van der Waals surface area contributed by atoms with Gasteiger partial charge in [-0.1, -0.05) is 17.7 Å². The predicted octanol–water partition coefficient (Wildman–Crippen LogP) is 3.39. The molecule has 0 spiro atoms. The summed E-state index contributed by atoms with van der Waals surface area (Å²) in [5.74, 6) is 0. The lowest BCUT2D eigenvalue weighted by Gasteiger charge is -2.26. The first-order valence-electron chi connectivity index (χ1n) is 5.79. The van der Waals surface area contributed by atoms with E-state index in [0.717, 1.165) is 37.9 Å². The van der Waals surface area contributed by atoms with Crippen molar-refractivity contribution in [3.8, 4) is 0 Å². The summed E-state index contributed by atoms with van der Waals surface area (Å²) >= 11 is 8.06. The van der Waals surface area contributed by atoms with Gasteiger partial charge < -0.3 is 4.74 Å². The summed E-state index contributed by atoms with van der Waals surface area (Å²) in [6.45, 7) is 4.70. The lowest BCUT2D eigenvalue weighted by molar-refractivity contribution is 0.0344. The minimum Gasteiger partial charge on any atom is -0.379 e. The highest BCUT2D eigenvalue weighted by molar-refractivity contribution is 7.17. The molecular weight excluding hydrogens is 254 g/mol. The molecule has 3 rings (SSSR count). The third kappa shape index (κ3) is 2.33. The van der Waals surface area contributed by atoms with E-state index in [9.17, 15) is 0 Å². The molecule has 1 aliphatic rings. The number of hydrogen-bond donors (Lipinski definition) is 0. The SMILES string of the molecule is Clc1cccc2scc(CN3CCOCC3)c12. The third-order valence-electron chi connectivity index (χ3n) is 3.12. The van der Waals surface area contributed by atoms with E-state index in [1.165, 1.54) is 15.6 Å². The number of nitrogens with zero attached hydrogens (tertiary/aromatic N) is 1. The van der Waals surface area contributed by atoms with E-state index < -0.39 is 0 Å². The van der Waals surface area contributed by atoms with E-state index in [-0.39, 0.29) is 0 Å². The normalized spacial score (nSPS) is 17.7. The van der Waals surface area contributed by atoms with Crippen LogP contribution in [-0.4, -0.2) is 31.2 Å². The fraction of sp³-hybridized carbons (Fsp3) is 0.385. The van der Waals surface area contributed by atoms with Crippen molar-refractivity contribution in [2.75, 3.05) is 26.3 Å². The molecule has 90 valence electrons. The average Bonchev–Trinajstić information content (AvgIpc) is 2.75. The summed E-state index contributed by atoms with van der Waals surface area (Å²) in [5.41, 5.74) is 1.34. The van der Waals surface area contributed by atoms with Gasteiger partial charge in [0.25, 0.3) is 0 Å². The summed E-state index contributed by atoms with van der Waals surface area (Å²) in [4.78, 5) is 2.42. The van der Waals surface area contributed by atoms with E-state index >= 15 is 0 Å². The number of morpholine rings is 1. The van der Waals surface area contributed by atoms with Gasteiger partial charge in [-0.25, -0.2) is 0 Å². The van der Waals surface area contributed by atoms with E-state index in [1.54, 1.807) is 11.3 Å². The Morgan fingerprint density at radius 1 is 1.29 bits per heavy atom. The average molecular weight is 268 g/mol. The minimum absolute atomic E-state index is 0.843. The Hall–Kier alpha value is -0.610. The molecule has 1 aromatic carbocycles.